The second-order valence-corrected chi connectivity index (χ2v) is 12.3. The molecule has 0 fully saturated rings. The van der Waals surface area contributed by atoms with E-state index in [0.717, 1.165) is 44.3 Å². The number of nitrogen functional groups attached to an aromatic ring is 1. The molecule has 0 bridgehead atoms. The minimum atomic E-state index is 0.0229. The van der Waals surface area contributed by atoms with Gasteiger partial charge in [-0.05, 0) is 73.3 Å². The van der Waals surface area contributed by atoms with Crippen molar-refractivity contribution in [3.05, 3.63) is 187 Å². The molecule has 0 aliphatic carbocycles. The maximum atomic E-state index is 6.68. The molecule has 222 valence electrons. The number of hydrogen-bond donors (Lipinski definition) is 1. The zero-order valence-electron chi connectivity index (χ0n) is 25.7. The molecule has 0 amide bonds. The molecule has 0 radical (unpaired) electrons. The van der Waals surface area contributed by atoms with Gasteiger partial charge in [0.2, 0.25) is 0 Å². The number of anilines is 1. The SMILES string of the molecule is Nc1ccccc1C(c1ccccc1)c1cccc(-c2cccc(-c3cccc4oc5c6ccccc6c6ccccc6c5c34)c2)c1. The number of benzene rings is 8. The van der Waals surface area contributed by atoms with E-state index in [0.29, 0.717) is 0 Å². The van der Waals surface area contributed by atoms with Crippen LogP contribution < -0.4 is 5.73 Å². The Hall–Kier alpha value is -6.12. The lowest BCUT2D eigenvalue weighted by Gasteiger charge is -2.21. The number of rotatable bonds is 5. The van der Waals surface area contributed by atoms with E-state index in [1.165, 1.54) is 43.8 Å². The summed E-state index contributed by atoms with van der Waals surface area (Å²) in [6, 6.07) is 60.3. The van der Waals surface area contributed by atoms with Crippen molar-refractivity contribution in [3.8, 4) is 22.3 Å². The molecule has 8 aromatic carbocycles. The third-order valence-electron chi connectivity index (χ3n) is 9.54. The summed E-state index contributed by atoms with van der Waals surface area (Å²) in [5, 5.41) is 7.13. The first-order chi connectivity index (χ1) is 23.2. The molecule has 1 unspecified atom stereocenters. The molecule has 2 heteroatoms. The monoisotopic (exact) mass is 601 g/mol. The second-order valence-electron chi connectivity index (χ2n) is 12.3. The lowest BCUT2D eigenvalue weighted by Crippen LogP contribution is -2.06. The van der Waals surface area contributed by atoms with E-state index in [4.69, 9.17) is 10.2 Å². The van der Waals surface area contributed by atoms with Gasteiger partial charge < -0.3 is 10.2 Å². The minimum Gasteiger partial charge on any atom is -0.455 e. The molecular formula is C45H31NO. The van der Waals surface area contributed by atoms with E-state index in [9.17, 15) is 0 Å². The molecular weight excluding hydrogens is 571 g/mol. The summed E-state index contributed by atoms with van der Waals surface area (Å²) < 4.78 is 6.68. The molecule has 2 nitrogen and oxygen atoms in total. The van der Waals surface area contributed by atoms with Crippen LogP contribution in [0.3, 0.4) is 0 Å². The van der Waals surface area contributed by atoms with Crippen LogP contribution in [0.2, 0.25) is 0 Å². The van der Waals surface area contributed by atoms with Gasteiger partial charge in [0.05, 0.1) is 0 Å². The van der Waals surface area contributed by atoms with Crippen molar-refractivity contribution in [1.82, 2.24) is 0 Å². The van der Waals surface area contributed by atoms with Gasteiger partial charge >= 0.3 is 0 Å². The molecule has 0 aliphatic rings. The van der Waals surface area contributed by atoms with Crippen molar-refractivity contribution in [1.29, 1.82) is 0 Å². The van der Waals surface area contributed by atoms with Gasteiger partial charge in [-0.2, -0.15) is 0 Å². The molecule has 1 heterocycles. The maximum absolute atomic E-state index is 6.68. The van der Waals surface area contributed by atoms with Crippen LogP contribution in [0.4, 0.5) is 5.69 Å². The Bertz CT molecular complexity index is 2600. The number of para-hydroxylation sites is 1. The van der Waals surface area contributed by atoms with E-state index >= 15 is 0 Å². The van der Waals surface area contributed by atoms with Crippen LogP contribution in [0.1, 0.15) is 22.6 Å². The van der Waals surface area contributed by atoms with Gasteiger partial charge in [-0.15, -0.1) is 0 Å². The van der Waals surface area contributed by atoms with E-state index < -0.39 is 0 Å². The molecule has 0 spiro atoms. The number of hydrogen-bond acceptors (Lipinski definition) is 2. The fourth-order valence-corrected chi connectivity index (χ4v) is 7.42. The van der Waals surface area contributed by atoms with Crippen molar-refractivity contribution < 1.29 is 4.42 Å². The summed E-state index contributed by atoms with van der Waals surface area (Å²) in [7, 11) is 0. The smallest absolute Gasteiger partial charge is 0.143 e. The van der Waals surface area contributed by atoms with Crippen LogP contribution in [0.15, 0.2) is 174 Å². The highest BCUT2D eigenvalue weighted by Crippen LogP contribution is 2.44. The molecule has 0 saturated carbocycles. The third-order valence-corrected chi connectivity index (χ3v) is 9.54. The molecule has 0 saturated heterocycles. The number of furan rings is 1. The molecule has 1 aromatic heterocycles. The first-order valence-electron chi connectivity index (χ1n) is 16.1. The summed E-state index contributed by atoms with van der Waals surface area (Å²) >= 11 is 0. The quantitative estimate of drug-likeness (QED) is 0.121. The van der Waals surface area contributed by atoms with E-state index in [1.54, 1.807) is 0 Å². The topological polar surface area (TPSA) is 39.2 Å². The highest BCUT2D eigenvalue weighted by atomic mass is 16.3. The van der Waals surface area contributed by atoms with Crippen LogP contribution in [0, 0.1) is 0 Å². The fourth-order valence-electron chi connectivity index (χ4n) is 7.42. The van der Waals surface area contributed by atoms with Crippen molar-refractivity contribution in [3.63, 3.8) is 0 Å². The minimum absolute atomic E-state index is 0.0229. The summed E-state index contributed by atoms with van der Waals surface area (Å²) in [6.45, 7) is 0. The lowest BCUT2D eigenvalue weighted by atomic mass is 9.83. The van der Waals surface area contributed by atoms with Gasteiger partial charge in [-0.25, -0.2) is 0 Å². The predicted octanol–water partition coefficient (Wildman–Crippen LogP) is 12.0. The lowest BCUT2D eigenvalue weighted by molar-refractivity contribution is 0.673. The number of nitrogens with two attached hydrogens (primary N) is 1. The summed E-state index contributed by atoms with van der Waals surface area (Å²) in [5.41, 5.74) is 17.4. The molecule has 2 N–H and O–H groups in total. The standard InChI is InChI=1S/C45H31NO/c46-40-25-9-8-23-39(40)42(29-13-2-1-3-14-29)33-18-11-16-31(28-33)30-15-10-17-32(27-30)34-24-12-26-41-43(34)44-37-21-6-4-19-35(37)36-20-5-7-22-38(36)45(44)47-41/h1-28,42H,46H2. The average Bonchev–Trinajstić information content (AvgIpc) is 3.54. The van der Waals surface area contributed by atoms with Gasteiger partial charge in [0.15, 0.2) is 0 Å². The van der Waals surface area contributed by atoms with Crippen LogP contribution in [-0.2, 0) is 0 Å². The fraction of sp³-hybridized carbons (Fsp3) is 0.0222. The Kier molecular flexibility index (Phi) is 6.39. The molecule has 47 heavy (non-hydrogen) atoms. The van der Waals surface area contributed by atoms with Gasteiger partial charge in [0, 0.05) is 27.8 Å². The van der Waals surface area contributed by atoms with E-state index in [-0.39, 0.29) is 5.92 Å². The van der Waals surface area contributed by atoms with Gasteiger partial charge in [0.1, 0.15) is 11.2 Å². The maximum Gasteiger partial charge on any atom is 0.143 e. The summed E-state index contributed by atoms with van der Waals surface area (Å²) in [6.07, 6.45) is 0. The van der Waals surface area contributed by atoms with Crippen LogP contribution in [0.5, 0.6) is 0 Å². The van der Waals surface area contributed by atoms with E-state index in [1.807, 2.05) is 12.1 Å². The van der Waals surface area contributed by atoms with Crippen molar-refractivity contribution in [2.24, 2.45) is 0 Å². The zero-order valence-corrected chi connectivity index (χ0v) is 25.7. The molecule has 9 aromatic rings. The van der Waals surface area contributed by atoms with Gasteiger partial charge in [-0.1, -0.05) is 152 Å². The predicted molar refractivity (Wildman–Crippen MR) is 198 cm³/mol. The molecule has 9 rings (SSSR count). The van der Waals surface area contributed by atoms with Gasteiger partial charge in [-0.3, -0.25) is 0 Å². The van der Waals surface area contributed by atoms with E-state index in [2.05, 4.69) is 158 Å². The summed E-state index contributed by atoms with van der Waals surface area (Å²) in [5.74, 6) is 0.0229. The van der Waals surface area contributed by atoms with Crippen molar-refractivity contribution in [2.75, 3.05) is 5.73 Å². The third kappa shape index (κ3) is 4.49. The number of fused-ring (bicyclic) bond motifs is 8. The van der Waals surface area contributed by atoms with Crippen LogP contribution in [0.25, 0.3) is 65.7 Å². The Labute approximate surface area is 273 Å². The van der Waals surface area contributed by atoms with Crippen LogP contribution >= 0.6 is 0 Å². The largest absolute Gasteiger partial charge is 0.455 e. The zero-order chi connectivity index (χ0) is 31.3. The van der Waals surface area contributed by atoms with Gasteiger partial charge in [0.25, 0.3) is 0 Å². The second kappa shape index (κ2) is 11.0. The Morgan fingerprint density at radius 1 is 0.426 bits per heavy atom. The Morgan fingerprint density at radius 3 is 1.83 bits per heavy atom. The first kappa shape index (κ1) is 27.2. The average molecular weight is 602 g/mol. The van der Waals surface area contributed by atoms with Crippen molar-refractivity contribution in [2.45, 2.75) is 5.92 Å². The highest BCUT2D eigenvalue weighted by molar-refractivity contribution is 6.32. The Morgan fingerprint density at radius 2 is 1.02 bits per heavy atom. The first-order valence-corrected chi connectivity index (χ1v) is 16.1. The molecule has 1 atom stereocenters. The Balaban J connectivity index is 1.22. The van der Waals surface area contributed by atoms with Crippen LogP contribution in [-0.4, -0.2) is 0 Å². The normalized spacial score (nSPS) is 12.3. The highest BCUT2D eigenvalue weighted by Gasteiger charge is 2.21. The van der Waals surface area contributed by atoms with Crippen molar-refractivity contribution >= 4 is 49.2 Å². The molecule has 0 aliphatic heterocycles. The summed E-state index contributed by atoms with van der Waals surface area (Å²) in [4.78, 5) is 0.